The Kier molecular flexibility index (Phi) is 6.29. The maximum absolute atomic E-state index is 12.8. The Labute approximate surface area is 239 Å². The van der Waals surface area contributed by atoms with Crippen LogP contribution < -0.4 is 0 Å². The van der Waals surface area contributed by atoms with Crippen molar-refractivity contribution in [3.63, 3.8) is 0 Å². The lowest BCUT2D eigenvalue weighted by Crippen LogP contribution is -2.36. The Morgan fingerprint density at radius 1 is 0.854 bits per heavy atom. The van der Waals surface area contributed by atoms with E-state index in [9.17, 15) is 4.79 Å². The Balaban J connectivity index is 1.13. The maximum atomic E-state index is 12.8. The molecule has 41 heavy (non-hydrogen) atoms. The summed E-state index contributed by atoms with van der Waals surface area (Å²) in [5.41, 5.74) is 6.53. The van der Waals surface area contributed by atoms with E-state index >= 15 is 0 Å². The molecule has 1 atom stereocenters. The van der Waals surface area contributed by atoms with Crippen LogP contribution in [0.2, 0.25) is 0 Å². The number of hydrogen-bond acceptors (Lipinski definition) is 5. The van der Waals surface area contributed by atoms with E-state index in [1.165, 1.54) is 25.7 Å². The molecule has 8 nitrogen and oxygen atoms in total. The number of ether oxygens (including phenoxy) is 1. The number of carbonyl (C=O) groups excluding carboxylic acids is 1. The van der Waals surface area contributed by atoms with E-state index in [2.05, 4.69) is 51.4 Å². The van der Waals surface area contributed by atoms with Gasteiger partial charge in [-0.15, -0.1) is 0 Å². The number of rotatable bonds is 4. The zero-order valence-corrected chi connectivity index (χ0v) is 23.9. The largest absolute Gasteiger partial charge is 0.444 e. The monoisotopic (exact) mass is 548 g/mol. The topological polar surface area (TPSA) is 99.8 Å². The molecular formula is C33H36N6O2. The van der Waals surface area contributed by atoms with Crippen molar-refractivity contribution in [2.45, 2.75) is 76.9 Å². The third-order valence-electron chi connectivity index (χ3n) is 8.36. The smallest absolute Gasteiger partial charge is 0.410 e. The van der Waals surface area contributed by atoms with Crippen LogP contribution in [0.1, 0.15) is 82.9 Å². The van der Waals surface area contributed by atoms with Gasteiger partial charge in [-0.25, -0.2) is 14.8 Å². The minimum atomic E-state index is -0.527. The number of imidazole rings is 2. The quantitative estimate of drug-likeness (QED) is 0.238. The lowest BCUT2D eigenvalue weighted by molar-refractivity contribution is 0.0219. The average Bonchev–Trinajstić information content (AvgIpc) is 3.77. The van der Waals surface area contributed by atoms with Crippen LogP contribution in [0.25, 0.3) is 44.3 Å². The number of benzene rings is 2. The van der Waals surface area contributed by atoms with Crippen LogP contribution in [-0.4, -0.2) is 48.1 Å². The minimum Gasteiger partial charge on any atom is -0.444 e. The molecule has 2 aromatic carbocycles. The summed E-state index contributed by atoms with van der Waals surface area (Å²) in [5.74, 6) is 2.48. The number of hydrogen-bond donors (Lipinski definition) is 2. The van der Waals surface area contributed by atoms with E-state index in [1.807, 2.05) is 39.2 Å². The van der Waals surface area contributed by atoms with Crippen molar-refractivity contribution in [3.05, 3.63) is 66.5 Å². The standard InChI is InChI=1S/C33H36N6O2/c1-33(2,3)41-32(40)39-14-6-9-29(39)31-36-25-13-12-22(17-27(25)37-31)21-10-11-23-15-24(18-34-26(23)16-21)28-19-35-30(38-28)20-7-4-5-8-20/h10-13,15-20,29H,4-9,14H2,1-3H3,(H,35,38)(H,36,37). The number of fused-ring (bicyclic) bond motifs is 2. The second kappa shape index (κ2) is 10.0. The molecule has 7 rings (SSSR count). The number of nitrogens with zero attached hydrogens (tertiary/aromatic N) is 4. The molecule has 4 heterocycles. The summed E-state index contributed by atoms with van der Waals surface area (Å²) >= 11 is 0. The van der Waals surface area contributed by atoms with E-state index in [4.69, 9.17) is 14.7 Å². The van der Waals surface area contributed by atoms with Gasteiger partial charge in [-0.2, -0.15) is 0 Å². The number of aromatic nitrogens is 5. The lowest BCUT2D eigenvalue weighted by Gasteiger charge is -2.27. The highest BCUT2D eigenvalue weighted by Crippen LogP contribution is 2.35. The molecule has 0 bridgehead atoms. The van der Waals surface area contributed by atoms with Gasteiger partial charge in [0, 0.05) is 29.6 Å². The molecule has 1 aliphatic heterocycles. The van der Waals surface area contributed by atoms with Gasteiger partial charge in [0.25, 0.3) is 0 Å². The molecule has 2 N–H and O–H groups in total. The second-order valence-corrected chi connectivity index (χ2v) is 12.5. The Morgan fingerprint density at radius 2 is 1.66 bits per heavy atom. The highest BCUT2D eigenvalue weighted by atomic mass is 16.6. The number of H-pyrrole nitrogens is 2. The number of nitrogens with one attached hydrogen (secondary N) is 2. The first kappa shape index (κ1) is 25.7. The Bertz CT molecular complexity index is 1740. The normalized spacial score (nSPS) is 18.1. The van der Waals surface area contributed by atoms with E-state index in [-0.39, 0.29) is 12.1 Å². The van der Waals surface area contributed by atoms with E-state index < -0.39 is 5.60 Å². The predicted molar refractivity (Wildman–Crippen MR) is 161 cm³/mol. The number of pyridine rings is 1. The summed E-state index contributed by atoms with van der Waals surface area (Å²) in [6, 6.07) is 14.7. The molecule has 1 aliphatic carbocycles. The zero-order valence-electron chi connectivity index (χ0n) is 23.9. The van der Waals surface area contributed by atoms with Crippen LogP contribution in [-0.2, 0) is 4.74 Å². The molecule has 2 aliphatic rings. The summed E-state index contributed by atoms with van der Waals surface area (Å²) in [4.78, 5) is 36.0. The summed E-state index contributed by atoms with van der Waals surface area (Å²) < 4.78 is 5.65. The fourth-order valence-corrected chi connectivity index (χ4v) is 6.30. The number of aromatic amines is 2. The van der Waals surface area contributed by atoms with Crippen LogP contribution in [0.4, 0.5) is 4.79 Å². The predicted octanol–water partition coefficient (Wildman–Crippen LogP) is 7.90. The minimum absolute atomic E-state index is 0.108. The first-order valence-electron chi connectivity index (χ1n) is 14.8. The molecule has 5 aromatic rings. The van der Waals surface area contributed by atoms with Crippen molar-refractivity contribution in [2.75, 3.05) is 6.54 Å². The number of amides is 1. The zero-order chi connectivity index (χ0) is 28.1. The van der Waals surface area contributed by atoms with Gasteiger partial charge >= 0.3 is 6.09 Å². The van der Waals surface area contributed by atoms with Gasteiger partial charge < -0.3 is 14.7 Å². The summed E-state index contributed by atoms with van der Waals surface area (Å²) in [7, 11) is 0. The fourth-order valence-electron chi connectivity index (χ4n) is 6.30. The molecule has 210 valence electrons. The first-order valence-corrected chi connectivity index (χ1v) is 14.8. The van der Waals surface area contributed by atoms with Gasteiger partial charge in [0.15, 0.2) is 0 Å². The molecule has 1 amide bonds. The van der Waals surface area contributed by atoms with Gasteiger partial charge in [-0.1, -0.05) is 31.0 Å². The summed E-state index contributed by atoms with van der Waals surface area (Å²) in [6.07, 6.45) is 10.4. The third kappa shape index (κ3) is 5.07. The van der Waals surface area contributed by atoms with Gasteiger partial charge in [-0.05, 0) is 81.8 Å². The van der Waals surface area contributed by atoms with Crippen LogP contribution in [0.15, 0.2) is 54.9 Å². The highest BCUT2D eigenvalue weighted by Gasteiger charge is 2.35. The van der Waals surface area contributed by atoms with Crippen LogP contribution in [0, 0.1) is 0 Å². The van der Waals surface area contributed by atoms with Crippen molar-refractivity contribution >= 4 is 28.0 Å². The SMILES string of the molecule is CC(C)(C)OC(=O)N1CCCC1c1nc2ccc(-c3ccc4cc(-c5cnc(C6CCCC6)[nH]5)cnc4c3)cc2[nH]1. The maximum Gasteiger partial charge on any atom is 0.410 e. The number of carbonyl (C=O) groups is 1. The molecule has 0 radical (unpaired) electrons. The molecule has 1 unspecified atom stereocenters. The third-order valence-corrected chi connectivity index (χ3v) is 8.36. The summed E-state index contributed by atoms with van der Waals surface area (Å²) in [6.45, 7) is 6.36. The highest BCUT2D eigenvalue weighted by molar-refractivity contribution is 5.89. The van der Waals surface area contributed by atoms with E-state index in [0.717, 1.165) is 68.8 Å². The molecular weight excluding hydrogens is 512 g/mol. The lowest BCUT2D eigenvalue weighted by atomic mass is 10.0. The van der Waals surface area contributed by atoms with Gasteiger partial charge in [0.1, 0.15) is 17.2 Å². The average molecular weight is 549 g/mol. The van der Waals surface area contributed by atoms with Gasteiger partial charge in [0.2, 0.25) is 0 Å². The molecule has 8 heteroatoms. The van der Waals surface area contributed by atoms with Crippen LogP contribution >= 0.6 is 0 Å². The van der Waals surface area contributed by atoms with Crippen LogP contribution in [0.3, 0.4) is 0 Å². The summed E-state index contributed by atoms with van der Waals surface area (Å²) in [5, 5.41) is 1.09. The van der Waals surface area contributed by atoms with Crippen molar-refractivity contribution in [1.29, 1.82) is 0 Å². The van der Waals surface area contributed by atoms with Crippen molar-refractivity contribution < 1.29 is 9.53 Å². The Morgan fingerprint density at radius 3 is 2.49 bits per heavy atom. The van der Waals surface area contributed by atoms with E-state index in [1.54, 1.807) is 4.90 Å². The molecule has 2 fully saturated rings. The fraction of sp³-hybridized carbons (Fsp3) is 0.394. The van der Waals surface area contributed by atoms with Crippen molar-refractivity contribution in [2.24, 2.45) is 0 Å². The van der Waals surface area contributed by atoms with E-state index in [0.29, 0.717) is 12.5 Å². The molecule has 1 saturated carbocycles. The molecule has 1 saturated heterocycles. The first-order chi connectivity index (χ1) is 19.8. The van der Waals surface area contributed by atoms with Crippen LogP contribution in [0.5, 0.6) is 0 Å². The molecule has 0 spiro atoms. The van der Waals surface area contributed by atoms with Gasteiger partial charge in [0.05, 0.1) is 34.5 Å². The number of likely N-dealkylation sites (tertiary alicyclic amines) is 1. The van der Waals surface area contributed by atoms with Crippen molar-refractivity contribution in [3.8, 4) is 22.4 Å². The van der Waals surface area contributed by atoms with Gasteiger partial charge in [-0.3, -0.25) is 9.88 Å². The van der Waals surface area contributed by atoms with Crippen molar-refractivity contribution in [1.82, 2.24) is 29.8 Å². The molecule has 3 aromatic heterocycles. The second-order valence-electron chi connectivity index (χ2n) is 12.5. The Hall–Kier alpha value is -4.20.